The lowest BCUT2D eigenvalue weighted by Gasteiger charge is -2.04. The van der Waals surface area contributed by atoms with Gasteiger partial charge in [-0.15, -0.1) is 13.2 Å². The van der Waals surface area contributed by atoms with Crippen molar-refractivity contribution in [2.45, 2.75) is 50.1 Å². The van der Waals surface area contributed by atoms with Gasteiger partial charge in [0, 0.05) is 0 Å². The highest BCUT2D eigenvalue weighted by Crippen LogP contribution is 2.27. The second kappa shape index (κ2) is 5.46. The Bertz CT molecular complexity index is 256. The monoisotopic (exact) mass is 220 g/mol. The normalized spacial score (nSPS) is 39.2. The lowest BCUT2D eigenvalue weighted by atomic mass is 10.1. The summed E-state index contributed by atoms with van der Waals surface area (Å²) < 4.78 is 10.8. The third kappa shape index (κ3) is 2.83. The molecule has 2 saturated heterocycles. The minimum atomic E-state index is 0.271. The zero-order valence-corrected chi connectivity index (χ0v) is 9.68. The lowest BCUT2D eigenvalue weighted by Crippen LogP contribution is -2.04. The first kappa shape index (κ1) is 11.6. The summed E-state index contributed by atoms with van der Waals surface area (Å²) in [6.45, 7) is 7.30. The van der Waals surface area contributed by atoms with Gasteiger partial charge in [-0.2, -0.15) is 0 Å². The van der Waals surface area contributed by atoms with Crippen LogP contribution in [-0.2, 0) is 9.47 Å². The summed E-state index contributed by atoms with van der Waals surface area (Å²) in [5.74, 6) is 0. The van der Waals surface area contributed by atoms with Crippen LogP contribution >= 0.6 is 0 Å². The third-order valence-corrected chi connectivity index (χ3v) is 3.24. The highest BCUT2D eigenvalue weighted by Gasteiger charge is 2.26. The topological polar surface area (TPSA) is 18.5 Å². The van der Waals surface area contributed by atoms with Crippen LogP contribution in [0.5, 0.6) is 0 Å². The Morgan fingerprint density at radius 2 is 1.31 bits per heavy atom. The van der Waals surface area contributed by atoms with Gasteiger partial charge in [0.25, 0.3) is 0 Å². The fourth-order valence-corrected chi connectivity index (χ4v) is 2.26. The van der Waals surface area contributed by atoms with Crippen molar-refractivity contribution in [3.8, 4) is 0 Å². The van der Waals surface area contributed by atoms with Gasteiger partial charge in [0.2, 0.25) is 0 Å². The van der Waals surface area contributed by atoms with E-state index >= 15 is 0 Å². The van der Waals surface area contributed by atoms with Crippen LogP contribution in [0.1, 0.15) is 25.7 Å². The predicted molar refractivity (Wildman–Crippen MR) is 65.3 cm³/mol. The maximum atomic E-state index is 5.42. The molecule has 0 aromatic rings. The van der Waals surface area contributed by atoms with E-state index in [2.05, 4.69) is 25.3 Å². The van der Waals surface area contributed by atoms with Crippen molar-refractivity contribution in [2.24, 2.45) is 0 Å². The van der Waals surface area contributed by atoms with E-state index < -0.39 is 0 Å². The summed E-state index contributed by atoms with van der Waals surface area (Å²) in [5, 5.41) is 0. The smallest absolute Gasteiger partial charge is 0.0765 e. The molecule has 0 radical (unpaired) electrons. The molecule has 0 aliphatic carbocycles. The molecule has 2 nitrogen and oxygen atoms in total. The summed E-state index contributed by atoms with van der Waals surface area (Å²) in [6.07, 6.45) is 14.2. The van der Waals surface area contributed by atoms with Crippen LogP contribution in [0.2, 0.25) is 0 Å². The number of hydrogen-bond donors (Lipinski definition) is 0. The Kier molecular flexibility index (Phi) is 3.97. The van der Waals surface area contributed by atoms with Crippen molar-refractivity contribution in [1.82, 2.24) is 0 Å². The van der Waals surface area contributed by atoms with Crippen molar-refractivity contribution in [3.05, 3.63) is 37.5 Å². The zero-order valence-electron chi connectivity index (χ0n) is 9.68. The van der Waals surface area contributed by atoms with Crippen molar-refractivity contribution in [3.63, 3.8) is 0 Å². The fraction of sp³-hybridized carbons (Fsp3) is 0.571. The van der Waals surface area contributed by atoms with Gasteiger partial charge in [-0.1, -0.05) is 24.3 Å². The molecule has 0 N–H and O–H groups in total. The number of rotatable bonds is 2. The van der Waals surface area contributed by atoms with Crippen molar-refractivity contribution in [1.29, 1.82) is 0 Å². The van der Waals surface area contributed by atoms with Gasteiger partial charge in [-0.3, -0.25) is 0 Å². The van der Waals surface area contributed by atoms with Gasteiger partial charge >= 0.3 is 0 Å². The average Bonchev–Trinajstić information content (AvgIpc) is 3.06. The Balaban J connectivity index is 0.000000123. The molecule has 3 aliphatic rings. The summed E-state index contributed by atoms with van der Waals surface area (Å²) in [7, 11) is 0. The first-order valence-electron chi connectivity index (χ1n) is 6.06. The lowest BCUT2D eigenvalue weighted by molar-refractivity contribution is 0.101. The van der Waals surface area contributed by atoms with E-state index in [0.717, 1.165) is 12.8 Å². The van der Waals surface area contributed by atoms with E-state index in [1.54, 1.807) is 0 Å². The summed E-state index contributed by atoms with van der Waals surface area (Å²) in [4.78, 5) is 0. The van der Waals surface area contributed by atoms with Crippen molar-refractivity contribution >= 4 is 0 Å². The number of ether oxygens (including phenoxy) is 2. The Hall–Kier alpha value is -0.860. The van der Waals surface area contributed by atoms with Gasteiger partial charge in [0.05, 0.1) is 24.4 Å². The molecule has 0 aromatic carbocycles. The second-order valence-electron chi connectivity index (χ2n) is 4.44. The SMILES string of the molecule is C1=CC2CCC1O2.C=CC1CCC(C=C)O1. The Morgan fingerprint density at radius 3 is 1.50 bits per heavy atom. The second-order valence-corrected chi connectivity index (χ2v) is 4.44. The molecule has 0 spiro atoms. The molecule has 4 atom stereocenters. The quantitative estimate of drug-likeness (QED) is 0.666. The van der Waals surface area contributed by atoms with Crippen LogP contribution in [0, 0.1) is 0 Å². The molecule has 0 saturated carbocycles. The molecular formula is C14H20O2. The van der Waals surface area contributed by atoms with Gasteiger partial charge < -0.3 is 9.47 Å². The average molecular weight is 220 g/mol. The van der Waals surface area contributed by atoms with E-state index in [4.69, 9.17) is 9.47 Å². The van der Waals surface area contributed by atoms with Gasteiger partial charge in [-0.05, 0) is 25.7 Å². The molecule has 0 aromatic heterocycles. The molecule has 88 valence electrons. The molecule has 16 heavy (non-hydrogen) atoms. The van der Waals surface area contributed by atoms with E-state index in [0.29, 0.717) is 12.2 Å². The van der Waals surface area contributed by atoms with Gasteiger partial charge in [-0.25, -0.2) is 0 Å². The number of fused-ring (bicyclic) bond motifs is 2. The highest BCUT2D eigenvalue weighted by atomic mass is 16.5. The summed E-state index contributed by atoms with van der Waals surface area (Å²) >= 11 is 0. The van der Waals surface area contributed by atoms with E-state index in [1.807, 2.05) is 12.2 Å². The minimum absolute atomic E-state index is 0.271. The van der Waals surface area contributed by atoms with Crippen LogP contribution in [0.4, 0.5) is 0 Å². The van der Waals surface area contributed by atoms with Gasteiger partial charge in [0.1, 0.15) is 0 Å². The molecule has 4 unspecified atom stereocenters. The largest absolute Gasteiger partial charge is 0.367 e. The molecule has 3 rings (SSSR count). The maximum absolute atomic E-state index is 5.42. The zero-order chi connectivity index (χ0) is 11.4. The first-order valence-corrected chi connectivity index (χ1v) is 6.06. The minimum Gasteiger partial charge on any atom is -0.367 e. The molecule has 2 heteroatoms. The molecule has 0 amide bonds. The van der Waals surface area contributed by atoms with Crippen LogP contribution < -0.4 is 0 Å². The van der Waals surface area contributed by atoms with Crippen LogP contribution in [0.15, 0.2) is 37.5 Å². The van der Waals surface area contributed by atoms with Crippen molar-refractivity contribution < 1.29 is 9.47 Å². The van der Waals surface area contributed by atoms with E-state index in [1.165, 1.54) is 12.8 Å². The summed E-state index contributed by atoms with van der Waals surface area (Å²) in [5.41, 5.74) is 0. The highest BCUT2D eigenvalue weighted by molar-refractivity contribution is 5.07. The maximum Gasteiger partial charge on any atom is 0.0765 e. The summed E-state index contributed by atoms with van der Waals surface area (Å²) in [6, 6.07) is 0. The standard InChI is InChI=1S/C8H12O.C6H8O/c1-3-7-5-6-8(4-2)9-7;1-2-6-4-3-5(1)7-6/h3-4,7-8H,1-2,5-6H2;1-2,5-6H,3-4H2. The Morgan fingerprint density at radius 1 is 0.812 bits per heavy atom. The molecule has 2 fully saturated rings. The first-order chi connectivity index (χ1) is 7.81. The molecular weight excluding hydrogens is 200 g/mol. The van der Waals surface area contributed by atoms with E-state index in [-0.39, 0.29) is 12.2 Å². The van der Waals surface area contributed by atoms with Crippen molar-refractivity contribution in [2.75, 3.05) is 0 Å². The molecule has 3 heterocycles. The Labute approximate surface area is 97.6 Å². The number of hydrogen-bond acceptors (Lipinski definition) is 2. The molecule has 3 aliphatic heterocycles. The molecule has 2 bridgehead atoms. The van der Waals surface area contributed by atoms with E-state index in [9.17, 15) is 0 Å². The predicted octanol–water partition coefficient (Wildman–Crippen LogP) is 3.01. The third-order valence-electron chi connectivity index (χ3n) is 3.24. The van der Waals surface area contributed by atoms with Crippen LogP contribution in [0.3, 0.4) is 0 Å². The van der Waals surface area contributed by atoms with Crippen LogP contribution in [-0.4, -0.2) is 24.4 Å². The van der Waals surface area contributed by atoms with Crippen LogP contribution in [0.25, 0.3) is 0 Å². The van der Waals surface area contributed by atoms with Gasteiger partial charge in [0.15, 0.2) is 0 Å². The fourth-order valence-electron chi connectivity index (χ4n) is 2.26.